The maximum Gasteiger partial charge on any atom is -1.00 e. The Morgan fingerprint density at radius 3 is 1.37 bits per heavy atom. The molecule has 0 saturated carbocycles. The van der Waals surface area contributed by atoms with Gasteiger partial charge in [-0.1, -0.05) is 0 Å². The number of hydrogen-bond donors (Lipinski definition) is 0. The first-order valence-electron chi connectivity index (χ1n) is 10.4. The van der Waals surface area contributed by atoms with E-state index >= 15 is 0 Å². The summed E-state index contributed by atoms with van der Waals surface area (Å²) in [6.07, 6.45) is 5.11. The molecule has 30 heavy (non-hydrogen) atoms. The zero-order valence-electron chi connectivity index (χ0n) is 19.4. The van der Waals surface area contributed by atoms with Crippen molar-refractivity contribution >= 4 is 24.1 Å². The van der Waals surface area contributed by atoms with Crippen LogP contribution in [0.1, 0.15) is 38.8 Å². The maximum absolute atomic E-state index is 2.60. The van der Waals surface area contributed by atoms with Gasteiger partial charge in [0.15, 0.2) is 0 Å². The quantitative estimate of drug-likeness (QED) is 0.382. The number of halogens is 2. The van der Waals surface area contributed by atoms with Crippen LogP contribution < -0.4 is 45.7 Å². The van der Waals surface area contributed by atoms with Gasteiger partial charge in [-0.3, -0.25) is 0 Å². The van der Waals surface area contributed by atoms with E-state index in [-0.39, 0.29) is 35.6 Å². The third-order valence-electron chi connectivity index (χ3n) is 6.43. The van der Waals surface area contributed by atoms with Crippen LogP contribution in [-0.2, 0) is 20.4 Å². The molecule has 0 heterocycles. The van der Waals surface area contributed by atoms with Gasteiger partial charge in [-0.2, -0.15) is 0 Å². The van der Waals surface area contributed by atoms with Crippen molar-refractivity contribution < 1.29 is 45.2 Å². The van der Waals surface area contributed by atoms with E-state index in [0.717, 1.165) is 0 Å². The first-order chi connectivity index (χ1) is 13.0. The first-order valence-corrected chi connectivity index (χ1v) is 19.0. The first kappa shape index (κ1) is 25.9. The molecule has 0 bridgehead atoms. The second-order valence-electron chi connectivity index (χ2n) is 9.94. The van der Waals surface area contributed by atoms with E-state index in [1.807, 2.05) is 6.56 Å². The monoisotopic (exact) mass is 532 g/mol. The zero-order chi connectivity index (χ0) is 20.4. The van der Waals surface area contributed by atoms with E-state index in [1.54, 1.807) is 10.4 Å². The van der Waals surface area contributed by atoms with E-state index < -0.39 is 25.8 Å². The van der Waals surface area contributed by atoms with Crippen LogP contribution in [0.2, 0.25) is 13.1 Å². The molecule has 0 atom stereocenters. The molecule has 2 aliphatic carbocycles. The number of benzene rings is 2. The van der Waals surface area contributed by atoms with Gasteiger partial charge < -0.3 is 24.8 Å². The predicted molar refractivity (Wildman–Crippen MR) is 122 cm³/mol. The fourth-order valence-electron chi connectivity index (χ4n) is 5.39. The summed E-state index contributed by atoms with van der Waals surface area (Å²) in [5.74, 6) is 0. The number of rotatable bonds is 2. The minimum Gasteiger partial charge on any atom is -1.00 e. The van der Waals surface area contributed by atoms with E-state index in [0.29, 0.717) is 0 Å². The van der Waals surface area contributed by atoms with Gasteiger partial charge in [0.1, 0.15) is 0 Å². The van der Waals surface area contributed by atoms with E-state index in [1.165, 1.54) is 21.6 Å². The van der Waals surface area contributed by atoms with Crippen LogP contribution >= 0.6 is 0 Å². The van der Waals surface area contributed by atoms with Gasteiger partial charge in [-0.15, -0.1) is 0 Å². The van der Waals surface area contributed by atoms with E-state index in [2.05, 4.69) is 103 Å². The van der Waals surface area contributed by atoms with Crippen LogP contribution in [0.4, 0.5) is 0 Å². The predicted octanol–water partition coefficient (Wildman–Crippen LogP) is -2.26. The summed E-state index contributed by atoms with van der Waals surface area (Å²) in [6.45, 7) is 19.7. The molecule has 4 heteroatoms. The van der Waals surface area contributed by atoms with Crippen molar-refractivity contribution in [3.05, 3.63) is 68.4 Å². The summed E-state index contributed by atoms with van der Waals surface area (Å²) < 4.78 is 3.71. The SMILES string of the molecule is Cc1cccc2c1=[C]([Zr+2]([C]1=c3c(C)cccc3=CC1(C)C)=[Si](C)C)C(C)(C)C=2.[Cl-].[Cl-]. The standard InChI is InChI=1S/2C12H13.C2H6Si.2ClH.Zr/c2*1-9-5-4-6-10-7-12(2,3)8-11(9)10;1-3-2;;;/h2*4-7H,1-3H3;1-2H3;2*1H;/q;;;;;+2/p-2. The Balaban J connectivity index is 0.00000160. The molecule has 0 unspecified atom stereocenters. The second-order valence-corrected chi connectivity index (χ2v) is 26.6. The van der Waals surface area contributed by atoms with Crippen molar-refractivity contribution in [1.29, 1.82) is 0 Å². The minimum atomic E-state index is -2.09. The molecule has 0 spiro atoms. The molecule has 0 amide bonds. The van der Waals surface area contributed by atoms with Gasteiger partial charge in [0.05, 0.1) is 0 Å². The third kappa shape index (κ3) is 4.03. The largest absolute Gasteiger partial charge is 1.00 e. The Hall–Kier alpha value is -0.400. The number of fused-ring (bicyclic) bond motifs is 2. The van der Waals surface area contributed by atoms with Crippen molar-refractivity contribution in [3.8, 4) is 0 Å². The van der Waals surface area contributed by atoms with Gasteiger partial charge in [-0.25, -0.2) is 0 Å². The molecule has 0 N–H and O–H groups in total. The minimum absolute atomic E-state index is 0. The van der Waals surface area contributed by atoms with Gasteiger partial charge in [0.2, 0.25) is 0 Å². The molecule has 2 aromatic carbocycles. The van der Waals surface area contributed by atoms with E-state index in [4.69, 9.17) is 0 Å². The van der Waals surface area contributed by atoms with Gasteiger partial charge in [-0.05, 0) is 0 Å². The normalized spacial score (nSPS) is 16.8. The summed E-state index contributed by atoms with van der Waals surface area (Å²) >= 11 is -2.09. The van der Waals surface area contributed by atoms with Crippen LogP contribution in [0.15, 0.2) is 36.4 Å². The molecule has 2 aliphatic rings. The van der Waals surface area contributed by atoms with Crippen LogP contribution in [0, 0.1) is 24.7 Å². The fourth-order valence-corrected chi connectivity index (χ4v) is 26.1. The smallest absolute Gasteiger partial charge is 1.00 e. The van der Waals surface area contributed by atoms with Gasteiger partial charge in [0, 0.05) is 0 Å². The molecule has 0 nitrogen and oxygen atoms in total. The number of aryl methyl sites for hydroxylation is 2. The average Bonchev–Trinajstić information content (AvgIpc) is 2.99. The molecule has 0 saturated heterocycles. The molecule has 0 aromatic heterocycles. The Kier molecular flexibility index (Phi) is 7.63. The van der Waals surface area contributed by atoms with Crippen molar-refractivity contribution in [3.63, 3.8) is 0 Å². The summed E-state index contributed by atoms with van der Waals surface area (Å²) in [7, 11) is 0. The Bertz CT molecular complexity index is 1200. The summed E-state index contributed by atoms with van der Waals surface area (Å²) in [6, 6.07) is 13.8. The Labute approximate surface area is 201 Å². The van der Waals surface area contributed by atoms with Crippen LogP contribution in [-0.4, -0.2) is 5.43 Å². The van der Waals surface area contributed by atoms with Gasteiger partial charge >= 0.3 is 178 Å². The number of hydrogen-bond acceptors (Lipinski definition) is 0. The van der Waals surface area contributed by atoms with Crippen LogP contribution in [0.5, 0.6) is 0 Å². The van der Waals surface area contributed by atoms with Crippen LogP contribution in [0.25, 0.3) is 18.7 Å². The Morgan fingerprint density at radius 2 is 1.03 bits per heavy atom. The summed E-state index contributed by atoms with van der Waals surface area (Å²) in [5.41, 5.74) is 2.89. The molecule has 158 valence electrons. The fraction of sp³-hybridized carbons (Fsp3) is 0.385. The molecule has 2 aromatic rings. The van der Waals surface area contributed by atoms with E-state index in [9.17, 15) is 0 Å². The summed E-state index contributed by atoms with van der Waals surface area (Å²) in [4.78, 5) is 0. The topological polar surface area (TPSA) is 0 Å². The van der Waals surface area contributed by atoms with Crippen molar-refractivity contribution in [2.24, 2.45) is 10.8 Å². The molecule has 0 aliphatic heterocycles. The maximum atomic E-state index is 2.60. The van der Waals surface area contributed by atoms with Crippen LogP contribution in [0.3, 0.4) is 0 Å². The average molecular weight is 535 g/mol. The second kappa shape index (κ2) is 8.86. The molecular formula is C26H32Cl2SiZr. The molecule has 0 radical (unpaired) electrons. The van der Waals surface area contributed by atoms with Crippen molar-refractivity contribution in [2.45, 2.75) is 54.6 Å². The Morgan fingerprint density at radius 1 is 0.667 bits per heavy atom. The van der Waals surface area contributed by atoms with Crippen molar-refractivity contribution in [1.82, 2.24) is 0 Å². The molecule has 4 rings (SSSR count). The molecule has 0 fully saturated rings. The molecular weight excluding hydrogens is 503 g/mol. The third-order valence-corrected chi connectivity index (χ3v) is 24.6. The zero-order valence-corrected chi connectivity index (χ0v) is 24.3. The summed E-state index contributed by atoms with van der Waals surface area (Å²) in [5, 5.41) is 6.18. The van der Waals surface area contributed by atoms with Gasteiger partial charge in [0.25, 0.3) is 0 Å². The van der Waals surface area contributed by atoms with Crippen molar-refractivity contribution in [2.75, 3.05) is 0 Å².